The summed E-state index contributed by atoms with van der Waals surface area (Å²) in [6.45, 7) is 5.49. The smallest absolute Gasteiger partial charge is 0.335 e. The zero-order chi connectivity index (χ0) is 12.7. The number of carboxylic acids is 1. The van der Waals surface area contributed by atoms with Gasteiger partial charge in [0.05, 0.1) is 5.56 Å². The van der Waals surface area contributed by atoms with Gasteiger partial charge in [-0.1, -0.05) is 6.07 Å². The van der Waals surface area contributed by atoms with Gasteiger partial charge in [-0.05, 0) is 60.4 Å². The summed E-state index contributed by atoms with van der Waals surface area (Å²) >= 11 is 0. The second kappa shape index (κ2) is 3.77. The van der Waals surface area contributed by atoms with Crippen molar-refractivity contribution < 1.29 is 15.0 Å². The molecule has 0 spiro atoms. The monoisotopic (exact) mass is 230 g/mol. The number of aryl methyl sites for hydroxylation is 3. The summed E-state index contributed by atoms with van der Waals surface area (Å²) in [4.78, 5) is 11.1. The molecule has 2 aromatic rings. The Labute approximate surface area is 99.3 Å². The fourth-order valence-electron chi connectivity index (χ4n) is 2.29. The van der Waals surface area contributed by atoms with E-state index in [0.29, 0.717) is 5.56 Å². The number of aromatic carboxylic acids is 1. The average Bonchev–Trinajstić information content (AvgIpc) is 2.26. The van der Waals surface area contributed by atoms with Crippen LogP contribution in [0.1, 0.15) is 27.0 Å². The van der Waals surface area contributed by atoms with Gasteiger partial charge < -0.3 is 10.2 Å². The Hall–Kier alpha value is -2.03. The van der Waals surface area contributed by atoms with Crippen molar-refractivity contribution in [2.75, 3.05) is 0 Å². The molecule has 0 aromatic heterocycles. The Morgan fingerprint density at radius 1 is 1.12 bits per heavy atom. The fraction of sp³-hybridized carbons (Fsp3) is 0.214. The first-order valence-electron chi connectivity index (χ1n) is 5.39. The highest BCUT2D eigenvalue weighted by Gasteiger charge is 2.14. The van der Waals surface area contributed by atoms with Crippen LogP contribution in [0, 0.1) is 20.8 Å². The largest absolute Gasteiger partial charge is 0.508 e. The fourth-order valence-corrected chi connectivity index (χ4v) is 2.29. The van der Waals surface area contributed by atoms with Crippen molar-refractivity contribution in [3.8, 4) is 5.75 Å². The summed E-state index contributed by atoms with van der Waals surface area (Å²) in [6, 6.07) is 5.04. The van der Waals surface area contributed by atoms with Gasteiger partial charge in [0.1, 0.15) is 5.75 Å². The highest BCUT2D eigenvalue weighted by molar-refractivity contribution is 6.01. The van der Waals surface area contributed by atoms with E-state index in [1.807, 2.05) is 13.8 Å². The SMILES string of the molecule is Cc1c(C(=O)O)cc(C)c2c(C)c(O)ccc12. The molecule has 3 heteroatoms. The van der Waals surface area contributed by atoms with Gasteiger partial charge >= 0.3 is 5.97 Å². The molecular weight excluding hydrogens is 216 g/mol. The maximum Gasteiger partial charge on any atom is 0.335 e. The Morgan fingerprint density at radius 2 is 1.76 bits per heavy atom. The maximum absolute atomic E-state index is 11.1. The molecule has 17 heavy (non-hydrogen) atoms. The van der Waals surface area contributed by atoms with Crippen LogP contribution in [-0.4, -0.2) is 16.2 Å². The Bertz CT molecular complexity index is 627. The van der Waals surface area contributed by atoms with Crippen LogP contribution >= 0.6 is 0 Å². The summed E-state index contributed by atoms with van der Waals surface area (Å²) in [5, 5.41) is 20.6. The predicted octanol–water partition coefficient (Wildman–Crippen LogP) is 3.17. The molecule has 0 atom stereocenters. The van der Waals surface area contributed by atoms with Gasteiger partial charge in [-0.25, -0.2) is 4.79 Å². The topological polar surface area (TPSA) is 57.5 Å². The van der Waals surface area contributed by atoms with Crippen molar-refractivity contribution in [2.45, 2.75) is 20.8 Å². The third-order valence-electron chi connectivity index (χ3n) is 3.23. The lowest BCUT2D eigenvalue weighted by Crippen LogP contribution is -2.02. The van der Waals surface area contributed by atoms with Gasteiger partial charge in [0, 0.05) is 0 Å². The standard InChI is InChI=1S/C14H14O3/c1-7-6-11(14(16)17)8(2)10-4-5-12(15)9(3)13(7)10/h4-6,15H,1-3H3,(H,16,17). The number of hydrogen-bond donors (Lipinski definition) is 2. The second-order valence-corrected chi connectivity index (χ2v) is 4.30. The molecule has 3 nitrogen and oxygen atoms in total. The minimum atomic E-state index is -0.918. The average molecular weight is 230 g/mol. The first-order chi connectivity index (χ1) is 7.93. The minimum absolute atomic E-state index is 0.239. The number of fused-ring (bicyclic) bond motifs is 1. The molecular formula is C14H14O3. The molecule has 0 heterocycles. The Kier molecular flexibility index (Phi) is 2.54. The summed E-state index contributed by atoms with van der Waals surface area (Å²) in [7, 11) is 0. The van der Waals surface area contributed by atoms with Crippen molar-refractivity contribution in [3.05, 3.63) is 40.5 Å². The van der Waals surface area contributed by atoms with E-state index in [0.717, 1.165) is 27.5 Å². The number of phenolic OH excluding ortho intramolecular Hbond substituents is 1. The van der Waals surface area contributed by atoms with E-state index in [4.69, 9.17) is 5.11 Å². The molecule has 0 amide bonds. The quantitative estimate of drug-likeness (QED) is 0.791. The predicted molar refractivity (Wildman–Crippen MR) is 66.8 cm³/mol. The van der Waals surface area contributed by atoms with Crippen LogP contribution in [0.2, 0.25) is 0 Å². The Morgan fingerprint density at radius 3 is 2.35 bits per heavy atom. The van der Waals surface area contributed by atoms with Crippen LogP contribution in [0.5, 0.6) is 5.75 Å². The summed E-state index contributed by atoms with van der Waals surface area (Å²) in [6.07, 6.45) is 0. The molecule has 0 aliphatic heterocycles. The zero-order valence-electron chi connectivity index (χ0n) is 10.0. The highest BCUT2D eigenvalue weighted by Crippen LogP contribution is 2.32. The highest BCUT2D eigenvalue weighted by atomic mass is 16.4. The molecule has 2 rings (SSSR count). The summed E-state index contributed by atoms with van der Waals surface area (Å²) < 4.78 is 0. The molecule has 88 valence electrons. The maximum atomic E-state index is 11.1. The normalized spacial score (nSPS) is 10.8. The van der Waals surface area contributed by atoms with Crippen LogP contribution < -0.4 is 0 Å². The number of phenols is 1. The molecule has 0 saturated heterocycles. The molecule has 0 fully saturated rings. The zero-order valence-corrected chi connectivity index (χ0v) is 10.0. The molecule has 0 bridgehead atoms. The van der Waals surface area contributed by atoms with Gasteiger partial charge in [0.25, 0.3) is 0 Å². The molecule has 0 aliphatic rings. The van der Waals surface area contributed by atoms with E-state index < -0.39 is 5.97 Å². The minimum Gasteiger partial charge on any atom is -0.508 e. The molecule has 0 unspecified atom stereocenters. The van der Waals surface area contributed by atoms with Gasteiger partial charge in [-0.3, -0.25) is 0 Å². The van der Waals surface area contributed by atoms with Gasteiger partial charge in [-0.2, -0.15) is 0 Å². The van der Waals surface area contributed by atoms with Crippen LogP contribution in [0.4, 0.5) is 0 Å². The lowest BCUT2D eigenvalue weighted by Gasteiger charge is -2.12. The van der Waals surface area contributed by atoms with E-state index in [-0.39, 0.29) is 5.75 Å². The van der Waals surface area contributed by atoms with Crippen molar-refractivity contribution in [2.24, 2.45) is 0 Å². The van der Waals surface area contributed by atoms with Gasteiger partial charge in [0.15, 0.2) is 0 Å². The number of benzene rings is 2. The van der Waals surface area contributed by atoms with Crippen LogP contribution in [0.25, 0.3) is 10.8 Å². The third-order valence-corrected chi connectivity index (χ3v) is 3.23. The molecule has 0 saturated carbocycles. The van der Waals surface area contributed by atoms with E-state index in [1.165, 1.54) is 0 Å². The Balaban J connectivity index is 2.98. The molecule has 0 aliphatic carbocycles. The summed E-state index contributed by atoms with van der Waals surface area (Å²) in [5.41, 5.74) is 2.72. The first-order valence-corrected chi connectivity index (χ1v) is 5.39. The van der Waals surface area contributed by atoms with Crippen molar-refractivity contribution in [1.82, 2.24) is 0 Å². The molecule has 2 N–H and O–H groups in total. The number of carbonyl (C=O) groups is 1. The lowest BCUT2D eigenvalue weighted by molar-refractivity contribution is 0.0696. The summed E-state index contributed by atoms with van der Waals surface area (Å²) in [5.74, 6) is -0.679. The first kappa shape index (κ1) is 11.5. The second-order valence-electron chi connectivity index (χ2n) is 4.30. The van der Waals surface area contributed by atoms with Crippen LogP contribution in [0.15, 0.2) is 18.2 Å². The van der Waals surface area contributed by atoms with Gasteiger partial charge in [0.2, 0.25) is 0 Å². The number of rotatable bonds is 1. The van der Waals surface area contributed by atoms with Crippen LogP contribution in [0.3, 0.4) is 0 Å². The van der Waals surface area contributed by atoms with Crippen LogP contribution in [-0.2, 0) is 0 Å². The third kappa shape index (κ3) is 1.64. The van der Waals surface area contributed by atoms with E-state index >= 15 is 0 Å². The molecule has 0 radical (unpaired) electrons. The van der Waals surface area contributed by atoms with Crippen molar-refractivity contribution >= 4 is 16.7 Å². The molecule has 2 aromatic carbocycles. The van der Waals surface area contributed by atoms with Gasteiger partial charge in [-0.15, -0.1) is 0 Å². The van der Waals surface area contributed by atoms with E-state index in [1.54, 1.807) is 25.1 Å². The number of hydrogen-bond acceptors (Lipinski definition) is 2. The number of aromatic hydroxyl groups is 1. The van der Waals surface area contributed by atoms with Crippen molar-refractivity contribution in [3.63, 3.8) is 0 Å². The number of carboxylic acid groups (broad SMARTS) is 1. The lowest BCUT2D eigenvalue weighted by atomic mass is 9.93. The van der Waals surface area contributed by atoms with Crippen molar-refractivity contribution in [1.29, 1.82) is 0 Å². The van der Waals surface area contributed by atoms with E-state index in [2.05, 4.69) is 0 Å². The van der Waals surface area contributed by atoms with E-state index in [9.17, 15) is 9.90 Å².